The number of hydrogen-bond acceptors (Lipinski definition) is 3. The summed E-state index contributed by atoms with van der Waals surface area (Å²) >= 11 is 3.17. The Morgan fingerprint density at radius 1 is 1.83 bits per heavy atom. The maximum absolute atomic E-state index is 10.3. The van der Waals surface area contributed by atoms with E-state index in [2.05, 4.69) is 15.9 Å². The number of carboxylic acids is 1. The van der Waals surface area contributed by atoms with Crippen molar-refractivity contribution in [1.29, 1.82) is 0 Å². The zero-order valence-electron chi connectivity index (χ0n) is 6.16. The Labute approximate surface area is 77.5 Å². The minimum absolute atomic E-state index is 0.125. The van der Waals surface area contributed by atoms with Crippen molar-refractivity contribution in [2.45, 2.75) is 12.5 Å². The maximum Gasteiger partial charge on any atom is 0.305 e. The number of nitrogens with two attached hydrogens (primary N) is 1. The van der Waals surface area contributed by atoms with Crippen molar-refractivity contribution in [1.82, 2.24) is 0 Å². The van der Waals surface area contributed by atoms with Gasteiger partial charge in [0.25, 0.3) is 0 Å². The second-order valence-electron chi connectivity index (χ2n) is 2.37. The van der Waals surface area contributed by atoms with Gasteiger partial charge in [0.15, 0.2) is 0 Å². The van der Waals surface area contributed by atoms with Crippen molar-refractivity contribution in [3.05, 3.63) is 22.6 Å². The van der Waals surface area contributed by atoms with Crippen LogP contribution < -0.4 is 5.73 Å². The van der Waals surface area contributed by atoms with Crippen LogP contribution in [0.2, 0.25) is 0 Å². The zero-order chi connectivity index (χ0) is 9.14. The molecule has 0 bridgehead atoms. The topological polar surface area (TPSA) is 76.5 Å². The molecular formula is C7H8BrNO3. The van der Waals surface area contributed by atoms with Gasteiger partial charge in [-0.15, -0.1) is 0 Å². The van der Waals surface area contributed by atoms with Crippen molar-refractivity contribution in [3.63, 3.8) is 0 Å². The van der Waals surface area contributed by atoms with Crippen molar-refractivity contribution >= 4 is 21.9 Å². The van der Waals surface area contributed by atoms with E-state index < -0.39 is 12.0 Å². The van der Waals surface area contributed by atoms with Gasteiger partial charge in [-0.1, -0.05) is 0 Å². The quantitative estimate of drug-likeness (QED) is 0.831. The molecule has 1 aromatic rings. The van der Waals surface area contributed by atoms with Gasteiger partial charge >= 0.3 is 5.97 Å². The van der Waals surface area contributed by atoms with E-state index in [0.717, 1.165) is 4.47 Å². The molecule has 0 aromatic carbocycles. The van der Waals surface area contributed by atoms with Crippen LogP contribution in [0.4, 0.5) is 0 Å². The number of rotatable bonds is 3. The number of carbonyl (C=O) groups is 1. The molecule has 1 rings (SSSR count). The molecule has 0 unspecified atom stereocenters. The van der Waals surface area contributed by atoms with E-state index in [9.17, 15) is 4.79 Å². The highest BCUT2D eigenvalue weighted by Gasteiger charge is 2.13. The smallest absolute Gasteiger partial charge is 0.305 e. The standard InChI is InChI=1S/C7H8BrNO3/c8-4-1-6(12-3-4)5(9)2-7(10)11/h1,3,5H,2,9H2,(H,10,11)/t5-/m1/s1. The van der Waals surface area contributed by atoms with E-state index in [1.165, 1.54) is 6.26 Å². The summed E-state index contributed by atoms with van der Waals surface area (Å²) in [6.45, 7) is 0. The average Bonchev–Trinajstić information content (AvgIpc) is 2.34. The number of hydrogen-bond donors (Lipinski definition) is 2. The first-order chi connectivity index (χ1) is 5.59. The highest BCUT2D eigenvalue weighted by Crippen LogP contribution is 2.20. The molecule has 0 saturated heterocycles. The number of carboxylic acid groups (broad SMARTS) is 1. The van der Waals surface area contributed by atoms with E-state index in [4.69, 9.17) is 15.3 Å². The molecule has 0 aliphatic rings. The summed E-state index contributed by atoms with van der Waals surface area (Å²) in [4.78, 5) is 10.3. The van der Waals surface area contributed by atoms with Gasteiger partial charge in [-0.05, 0) is 22.0 Å². The van der Waals surface area contributed by atoms with Crippen LogP contribution in [0.5, 0.6) is 0 Å². The second kappa shape index (κ2) is 3.73. The fourth-order valence-electron chi connectivity index (χ4n) is 0.811. The molecule has 4 nitrogen and oxygen atoms in total. The molecular weight excluding hydrogens is 226 g/mol. The summed E-state index contributed by atoms with van der Waals surface area (Å²) in [6.07, 6.45) is 1.34. The first kappa shape index (κ1) is 9.28. The third-order valence-electron chi connectivity index (χ3n) is 1.35. The fraction of sp³-hybridized carbons (Fsp3) is 0.286. The van der Waals surface area contributed by atoms with E-state index in [1.54, 1.807) is 6.07 Å². The summed E-state index contributed by atoms with van der Waals surface area (Å²) in [5.41, 5.74) is 5.51. The van der Waals surface area contributed by atoms with E-state index in [-0.39, 0.29) is 6.42 Å². The van der Waals surface area contributed by atoms with Crippen LogP contribution in [0.1, 0.15) is 18.2 Å². The van der Waals surface area contributed by atoms with Gasteiger partial charge < -0.3 is 15.3 Å². The number of furan rings is 1. The summed E-state index contributed by atoms with van der Waals surface area (Å²) in [7, 11) is 0. The highest BCUT2D eigenvalue weighted by atomic mass is 79.9. The van der Waals surface area contributed by atoms with Gasteiger partial charge in [0.05, 0.1) is 16.9 Å². The van der Waals surface area contributed by atoms with Crippen LogP contribution in [-0.4, -0.2) is 11.1 Å². The predicted molar refractivity (Wildman–Crippen MR) is 45.6 cm³/mol. The molecule has 1 heterocycles. The van der Waals surface area contributed by atoms with E-state index >= 15 is 0 Å². The average molecular weight is 234 g/mol. The third kappa shape index (κ3) is 2.35. The van der Waals surface area contributed by atoms with E-state index in [1.807, 2.05) is 0 Å². The molecule has 0 aliphatic carbocycles. The molecule has 1 atom stereocenters. The normalized spacial score (nSPS) is 12.8. The fourth-order valence-corrected chi connectivity index (χ4v) is 1.13. The lowest BCUT2D eigenvalue weighted by molar-refractivity contribution is -0.137. The van der Waals surface area contributed by atoms with Crippen LogP contribution >= 0.6 is 15.9 Å². The van der Waals surface area contributed by atoms with Crippen molar-refractivity contribution in [2.24, 2.45) is 5.73 Å². The highest BCUT2D eigenvalue weighted by molar-refractivity contribution is 9.10. The monoisotopic (exact) mass is 233 g/mol. The lowest BCUT2D eigenvalue weighted by Crippen LogP contribution is -2.14. The second-order valence-corrected chi connectivity index (χ2v) is 3.29. The van der Waals surface area contributed by atoms with Crippen molar-refractivity contribution < 1.29 is 14.3 Å². The Balaban J connectivity index is 2.64. The first-order valence-corrected chi connectivity index (χ1v) is 4.10. The van der Waals surface area contributed by atoms with E-state index in [0.29, 0.717) is 5.76 Å². The molecule has 5 heteroatoms. The summed E-state index contributed by atoms with van der Waals surface area (Å²) < 4.78 is 5.75. The van der Waals surface area contributed by atoms with Gasteiger partial charge in [-0.2, -0.15) is 0 Å². The lowest BCUT2D eigenvalue weighted by Gasteiger charge is -2.03. The van der Waals surface area contributed by atoms with Gasteiger partial charge in [0.2, 0.25) is 0 Å². The summed E-state index contributed by atoms with van der Waals surface area (Å²) in [5.74, 6) is -0.459. The Morgan fingerprint density at radius 3 is 2.92 bits per heavy atom. The maximum atomic E-state index is 10.3. The molecule has 0 aliphatic heterocycles. The minimum atomic E-state index is -0.935. The Hall–Kier alpha value is -0.810. The predicted octanol–water partition coefficient (Wildman–Crippen LogP) is 1.52. The van der Waals surface area contributed by atoms with Crippen molar-refractivity contribution in [3.8, 4) is 0 Å². The summed E-state index contributed by atoms with van der Waals surface area (Å²) in [5, 5.41) is 8.42. The molecule has 0 fully saturated rings. The number of aliphatic carboxylic acids is 1. The molecule has 3 N–H and O–H groups in total. The van der Waals surface area contributed by atoms with Crippen LogP contribution in [0.25, 0.3) is 0 Å². The molecule has 0 radical (unpaired) electrons. The zero-order valence-corrected chi connectivity index (χ0v) is 7.74. The van der Waals surface area contributed by atoms with Crippen molar-refractivity contribution in [2.75, 3.05) is 0 Å². The van der Waals surface area contributed by atoms with Crippen LogP contribution in [0, 0.1) is 0 Å². The largest absolute Gasteiger partial charge is 0.481 e. The Kier molecular flexibility index (Phi) is 2.88. The molecule has 0 amide bonds. The lowest BCUT2D eigenvalue weighted by atomic mass is 10.2. The minimum Gasteiger partial charge on any atom is -0.481 e. The van der Waals surface area contributed by atoms with Gasteiger partial charge in [0, 0.05) is 0 Å². The Bertz CT molecular complexity index is 284. The molecule has 66 valence electrons. The molecule has 12 heavy (non-hydrogen) atoms. The SMILES string of the molecule is N[C@H](CC(=O)O)c1cc(Br)co1. The van der Waals surface area contributed by atoms with Crippen LogP contribution in [0.15, 0.2) is 21.2 Å². The van der Waals surface area contributed by atoms with Crippen LogP contribution in [0.3, 0.4) is 0 Å². The molecule has 0 saturated carbocycles. The van der Waals surface area contributed by atoms with Gasteiger partial charge in [-0.3, -0.25) is 4.79 Å². The summed E-state index contributed by atoms with van der Waals surface area (Å²) in [6, 6.07) is 1.09. The third-order valence-corrected chi connectivity index (χ3v) is 1.76. The van der Waals surface area contributed by atoms with Gasteiger partial charge in [-0.25, -0.2) is 0 Å². The Morgan fingerprint density at radius 2 is 2.50 bits per heavy atom. The molecule has 1 aromatic heterocycles. The number of halogens is 1. The first-order valence-electron chi connectivity index (χ1n) is 3.31. The molecule has 0 spiro atoms. The van der Waals surface area contributed by atoms with Crippen LogP contribution in [-0.2, 0) is 4.79 Å². The van der Waals surface area contributed by atoms with Gasteiger partial charge in [0.1, 0.15) is 12.0 Å².